The minimum Gasteiger partial charge on any atom is -0.289 e. The van der Waals surface area contributed by atoms with Crippen LogP contribution in [0.2, 0.25) is 0 Å². The summed E-state index contributed by atoms with van der Waals surface area (Å²) in [7, 11) is 0. The zero-order valence-corrected chi connectivity index (χ0v) is 14.9. The van der Waals surface area contributed by atoms with Crippen molar-refractivity contribution < 1.29 is 12.6 Å². The molecule has 4 rings (SSSR count). The van der Waals surface area contributed by atoms with Gasteiger partial charge in [-0.3, -0.25) is 13.3 Å². The first-order valence-electron chi connectivity index (χ1n) is 8.87. The highest BCUT2D eigenvalue weighted by atomic mass is 32.2. The van der Waals surface area contributed by atoms with Crippen LogP contribution in [0.5, 0.6) is 0 Å². The predicted octanol–water partition coefficient (Wildman–Crippen LogP) is 3.60. The normalized spacial score (nSPS) is 28.8. The maximum absolute atomic E-state index is 11.7. The molecule has 25 heavy (non-hydrogen) atoms. The van der Waals surface area contributed by atoms with Gasteiger partial charge in [-0.1, -0.05) is 60.7 Å². The molecule has 4 atom stereocenters. The molecule has 1 unspecified atom stereocenters. The van der Waals surface area contributed by atoms with E-state index in [4.69, 9.17) is 8.37 Å². The van der Waals surface area contributed by atoms with Gasteiger partial charge < -0.3 is 0 Å². The SMILES string of the molecule is O=S1O[C@H]2[C@H](N(Cc3ccccc3)Cc3ccccc3)CCC[C@H]2O1. The Bertz CT molecular complexity index is 668. The number of hydrogen-bond acceptors (Lipinski definition) is 4. The molecular weight excluding hydrogens is 334 g/mol. The molecule has 0 spiro atoms. The lowest BCUT2D eigenvalue weighted by Crippen LogP contribution is -2.49. The van der Waals surface area contributed by atoms with E-state index in [1.54, 1.807) is 0 Å². The fourth-order valence-electron chi connectivity index (χ4n) is 3.86. The topological polar surface area (TPSA) is 38.8 Å². The van der Waals surface area contributed by atoms with Gasteiger partial charge in [0.05, 0.1) is 0 Å². The van der Waals surface area contributed by atoms with Gasteiger partial charge in [-0.2, -0.15) is 4.21 Å². The molecule has 0 amide bonds. The van der Waals surface area contributed by atoms with Crippen molar-refractivity contribution in [1.29, 1.82) is 0 Å². The summed E-state index contributed by atoms with van der Waals surface area (Å²) in [5, 5.41) is 0. The third-order valence-corrected chi connectivity index (χ3v) is 5.84. The van der Waals surface area contributed by atoms with Gasteiger partial charge in [0.15, 0.2) is 0 Å². The first-order chi connectivity index (χ1) is 12.3. The smallest absolute Gasteiger partial charge is 0.289 e. The summed E-state index contributed by atoms with van der Waals surface area (Å²) in [6.45, 7) is 1.69. The summed E-state index contributed by atoms with van der Waals surface area (Å²) >= 11 is -1.60. The summed E-state index contributed by atoms with van der Waals surface area (Å²) in [6, 6.07) is 21.2. The minimum absolute atomic E-state index is 0.0476. The Kier molecular flexibility index (Phi) is 5.27. The molecule has 2 aliphatic rings. The average Bonchev–Trinajstić information content (AvgIpc) is 3.03. The quantitative estimate of drug-likeness (QED) is 0.819. The molecule has 2 aromatic carbocycles. The van der Waals surface area contributed by atoms with Gasteiger partial charge in [-0.25, -0.2) is 0 Å². The second-order valence-electron chi connectivity index (χ2n) is 6.77. The number of fused-ring (bicyclic) bond motifs is 1. The van der Waals surface area contributed by atoms with E-state index < -0.39 is 11.4 Å². The van der Waals surface area contributed by atoms with Crippen molar-refractivity contribution in [1.82, 2.24) is 4.90 Å². The van der Waals surface area contributed by atoms with Crippen LogP contribution >= 0.6 is 0 Å². The third kappa shape index (κ3) is 4.01. The molecule has 1 heterocycles. The Morgan fingerprint density at radius 3 is 2.08 bits per heavy atom. The van der Waals surface area contributed by atoms with E-state index in [0.29, 0.717) is 0 Å². The van der Waals surface area contributed by atoms with Crippen LogP contribution in [0.4, 0.5) is 0 Å². The van der Waals surface area contributed by atoms with E-state index >= 15 is 0 Å². The number of hydrogen-bond donors (Lipinski definition) is 0. The zero-order chi connectivity index (χ0) is 17.1. The van der Waals surface area contributed by atoms with Gasteiger partial charge in [0.2, 0.25) is 0 Å². The van der Waals surface area contributed by atoms with E-state index in [0.717, 1.165) is 32.4 Å². The molecule has 0 radical (unpaired) electrons. The summed E-state index contributed by atoms with van der Waals surface area (Å²) in [5.41, 5.74) is 2.56. The standard InChI is InChI=1S/C20H23NO3S/c22-25-23-19-13-7-12-18(20(19)24-25)21(14-16-8-3-1-4-9-16)15-17-10-5-2-6-11-17/h1-6,8-11,18-20H,7,12-15H2/t18-,19-,20+,25?/m1/s1. The van der Waals surface area contributed by atoms with Crippen molar-refractivity contribution in [3.8, 4) is 0 Å². The van der Waals surface area contributed by atoms with Crippen LogP contribution in [0.1, 0.15) is 30.4 Å². The number of nitrogens with zero attached hydrogens (tertiary/aromatic N) is 1. The molecule has 1 saturated heterocycles. The molecule has 1 aliphatic carbocycles. The average molecular weight is 357 g/mol. The highest BCUT2D eigenvalue weighted by Gasteiger charge is 2.45. The third-order valence-electron chi connectivity index (χ3n) is 5.05. The minimum atomic E-state index is -1.60. The maximum Gasteiger partial charge on any atom is 0.305 e. The van der Waals surface area contributed by atoms with Crippen molar-refractivity contribution in [3.05, 3.63) is 71.8 Å². The Morgan fingerprint density at radius 2 is 1.48 bits per heavy atom. The van der Waals surface area contributed by atoms with E-state index in [-0.39, 0.29) is 18.2 Å². The molecule has 5 heteroatoms. The summed E-state index contributed by atoms with van der Waals surface area (Å²) in [6.07, 6.45) is 2.89. The van der Waals surface area contributed by atoms with Crippen LogP contribution in [0.25, 0.3) is 0 Å². The first kappa shape index (κ1) is 16.9. The highest BCUT2D eigenvalue weighted by Crippen LogP contribution is 2.35. The van der Waals surface area contributed by atoms with Gasteiger partial charge in [0.1, 0.15) is 12.2 Å². The zero-order valence-electron chi connectivity index (χ0n) is 14.1. The second-order valence-corrected chi connectivity index (χ2v) is 7.57. The first-order valence-corrected chi connectivity index (χ1v) is 9.87. The van der Waals surface area contributed by atoms with Crippen molar-refractivity contribution in [2.24, 2.45) is 0 Å². The van der Waals surface area contributed by atoms with E-state index in [1.807, 2.05) is 12.1 Å². The van der Waals surface area contributed by atoms with Crippen LogP contribution in [0, 0.1) is 0 Å². The molecule has 0 N–H and O–H groups in total. The molecule has 0 aromatic heterocycles. The lowest BCUT2D eigenvalue weighted by Gasteiger charge is -2.39. The van der Waals surface area contributed by atoms with Crippen LogP contribution in [-0.4, -0.2) is 27.4 Å². The van der Waals surface area contributed by atoms with Crippen LogP contribution in [0.15, 0.2) is 60.7 Å². The molecule has 132 valence electrons. The monoisotopic (exact) mass is 357 g/mol. The molecule has 1 aliphatic heterocycles. The van der Waals surface area contributed by atoms with Crippen molar-refractivity contribution in [2.45, 2.75) is 50.6 Å². The Balaban J connectivity index is 1.58. The van der Waals surface area contributed by atoms with Crippen LogP contribution in [0.3, 0.4) is 0 Å². The molecule has 2 fully saturated rings. The van der Waals surface area contributed by atoms with Gasteiger partial charge in [0, 0.05) is 19.1 Å². The predicted molar refractivity (Wildman–Crippen MR) is 97.7 cm³/mol. The number of rotatable bonds is 5. The fraction of sp³-hybridized carbons (Fsp3) is 0.400. The Morgan fingerprint density at radius 1 is 0.880 bits per heavy atom. The van der Waals surface area contributed by atoms with Crippen molar-refractivity contribution >= 4 is 11.4 Å². The van der Waals surface area contributed by atoms with Crippen molar-refractivity contribution in [2.75, 3.05) is 0 Å². The molecule has 0 bridgehead atoms. The molecule has 1 saturated carbocycles. The van der Waals surface area contributed by atoms with Gasteiger partial charge in [0.25, 0.3) is 0 Å². The van der Waals surface area contributed by atoms with E-state index in [9.17, 15) is 4.21 Å². The summed E-state index contributed by atoms with van der Waals surface area (Å²) < 4.78 is 22.9. The van der Waals surface area contributed by atoms with E-state index in [2.05, 4.69) is 53.4 Å². The Labute approximate surface area is 151 Å². The molecule has 4 nitrogen and oxygen atoms in total. The molecule has 2 aromatic rings. The lowest BCUT2D eigenvalue weighted by atomic mass is 9.88. The van der Waals surface area contributed by atoms with Gasteiger partial charge in [-0.05, 0) is 30.4 Å². The fourth-order valence-corrected chi connectivity index (χ4v) is 4.75. The van der Waals surface area contributed by atoms with E-state index in [1.165, 1.54) is 11.1 Å². The van der Waals surface area contributed by atoms with Gasteiger partial charge >= 0.3 is 11.4 Å². The lowest BCUT2D eigenvalue weighted by molar-refractivity contribution is 0.00675. The molecular formula is C20H23NO3S. The van der Waals surface area contributed by atoms with Gasteiger partial charge in [-0.15, -0.1) is 0 Å². The maximum atomic E-state index is 11.7. The van der Waals surface area contributed by atoms with Crippen LogP contribution < -0.4 is 0 Å². The summed E-state index contributed by atoms with van der Waals surface area (Å²) in [5.74, 6) is 0. The second kappa shape index (κ2) is 7.79. The number of benzene rings is 2. The summed E-state index contributed by atoms with van der Waals surface area (Å²) in [4.78, 5) is 2.45. The van der Waals surface area contributed by atoms with Crippen molar-refractivity contribution in [3.63, 3.8) is 0 Å². The highest BCUT2D eigenvalue weighted by molar-refractivity contribution is 7.75. The Hall–Kier alpha value is -1.53. The van der Waals surface area contributed by atoms with Crippen LogP contribution in [-0.2, 0) is 32.8 Å². The largest absolute Gasteiger partial charge is 0.305 e.